The van der Waals surface area contributed by atoms with Crippen molar-refractivity contribution in [3.8, 4) is 0 Å². The van der Waals surface area contributed by atoms with Crippen molar-refractivity contribution in [2.45, 2.75) is 31.4 Å². The molecule has 1 atom stereocenters. The Balaban J connectivity index is 2.38. The molecule has 1 unspecified atom stereocenters. The van der Waals surface area contributed by atoms with Crippen LogP contribution in [0.25, 0.3) is 0 Å². The standard InChI is InChI=1S/C16H18ClNOS/c1-10-7-11(2)13(12(3)8-10)9-20(19)16-14(17)5-4-6-15(16)18/h4-8H,9,18H2,1-3H3. The number of aryl methyl sites for hydroxylation is 3. The van der Waals surface area contributed by atoms with E-state index in [0.29, 0.717) is 21.4 Å². The number of halogens is 1. The van der Waals surface area contributed by atoms with Crippen LogP contribution in [0.2, 0.25) is 5.02 Å². The third-order valence-electron chi connectivity index (χ3n) is 3.34. The third-order valence-corrected chi connectivity index (χ3v) is 5.23. The van der Waals surface area contributed by atoms with Crippen LogP contribution in [-0.4, -0.2) is 4.21 Å². The van der Waals surface area contributed by atoms with Gasteiger partial charge in [0.2, 0.25) is 0 Å². The maximum absolute atomic E-state index is 12.6. The molecule has 0 amide bonds. The summed E-state index contributed by atoms with van der Waals surface area (Å²) in [5, 5.41) is 0.464. The summed E-state index contributed by atoms with van der Waals surface area (Å²) in [7, 11) is -1.24. The van der Waals surface area contributed by atoms with Gasteiger partial charge in [0.05, 0.1) is 26.5 Å². The van der Waals surface area contributed by atoms with Crippen molar-refractivity contribution in [2.24, 2.45) is 0 Å². The zero-order valence-corrected chi connectivity index (χ0v) is 13.4. The first kappa shape index (κ1) is 15.1. The van der Waals surface area contributed by atoms with E-state index in [0.717, 1.165) is 16.7 Å². The van der Waals surface area contributed by atoms with E-state index in [2.05, 4.69) is 19.1 Å². The highest BCUT2D eigenvalue weighted by Gasteiger charge is 2.15. The molecule has 0 bridgehead atoms. The van der Waals surface area contributed by atoms with Gasteiger partial charge in [-0.25, -0.2) is 0 Å². The first-order chi connectivity index (χ1) is 9.40. The van der Waals surface area contributed by atoms with Crippen LogP contribution in [0.1, 0.15) is 22.3 Å². The van der Waals surface area contributed by atoms with Crippen LogP contribution in [0.4, 0.5) is 5.69 Å². The van der Waals surface area contributed by atoms with Gasteiger partial charge in [0.25, 0.3) is 0 Å². The fraction of sp³-hybridized carbons (Fsp3) is 0.250. The molecule has 0 saturated carbocycles. The summed E-state index contributed by atoms with van der Waals surface area (Å²) in [6.45, 7) is 6.15. The van der Waals surface area contributed by atoms with Crippen LogP contribution in [0, 0.1) is 20.8 Å². The van der Waals surface area contributed by atoms with E-state index in [1.807, 2.05) is 13.8 Å². The fourth-order valence-corrected chi connectivity index (χ4v) is 4.32. The van der Waals surface area contributed by atoms with Crippen LogP contribution in [-0.2, 0) is 16.6 Å². The molecule has 2 nitrogen and oxygen atoms in total. The van der Waals surface area contributed by atoms with Crippen LogP contribution in [0.3, 0.4) is 0 Å². The van der Waals surface area contributed by atoms with Crippen molar-refractivity contribution in [2.75, 3.05) is 5.73 Å². The average molecular weight is 308 g/mol. The molecule has 2 aromatic rings. The number of nitrogens with two attached hydrogens (primary N) is 1. The maximum atomic E-state index is 12.6. The Morgan fingerprint density at radius 1 is 1.15 bits per heavy atom. The van der Waals surface area contributed by atoms with Gasteiger partial charge in [-0.1, -0.05) is 35.4 Å². The minimum Gasteiger partial charge on any atom is -0.398 e. The van der Waals surface area contributed by atoms with Crippen molar-refractivity contribution in [3.05, 3.63) is 57.6 Å². The molecule has 20 heavy (non-hydrogen) atoms. The molecular formula is C16H18ClNOS. The molecule has 106 valence electrons. The number of nitrogen functional groups attached to an aromatic ring is 1. The van der Waals surface area contributed by atoms with Crippen molar-refractivity contribution >= 4 is 28.1 Å². The Morgan fingerprint density at radius 3 is 2.30 bits per heavy atom. The summed E-state index contributed by atoms with van der Waals surface area (Å²) in [5.74, 6) is 0.436. The first-order valence-corrected chi connectivity index (χ1v) is 8.09. The highest BCUT2D eigenvalue weighted by atomic mass is 35.5. The van der Waals surface area contributed by atoms with Gasteiger partial charge in [0, 0.05) is 5.69 Å². The van der Waals surface area contributed by atoms with E-state index in [9.17, 15) is 4.21 Å². The topological polar surface area (TPSA) is 43.1 Å². The van der Waals surface area contributed by atoms with Crippen LogP contribution in [0.5, 0.6) is 0 Å². The predicted octanol–water partition coefficient (Wildman–Crippen LogP) is 4.16. The van der Waals surface area contributed by atoms with Gasteiger partial charge in [0.15, 0.2) is 0 Å². The summed E-state index contributed by atoms with van der Waals surface area (Å²) in [6, 6.07) is 9.43. The first-order valence-electron chi connectivity index (χ1n) is 6.39. The molecule has 0 aliphatic heterocycles. The number of hydrogen-bond acceptors (Lipinski definition) is 2. The van der Waals surface area contributed by atoms with Crippen molar-refractivity contribution in [3.63, 3.8) is 0 Å². The highest BCUT2D eigenvalue weighted by molar-refractivity contribution is 7.84. The predicted molar refractivity (Wildman–Crippen MR) is 86.6 cm³/mol. The lowest BCUT2D eigenvalue weighted by Crippen LogP contribution is -2.04. The zero-order chi connectivity index (χ0) is 14.9. The summed E-state index contributed by atoms with van der Waals surface area (Å²) in [4.78, 5) is 0.536. The van der Waals surface area contributed by atoms with Crippen LogP contribution >= 0.6 is 11.6 Å². The lowest BCUT2D eigenvalue weighted by molar-refractivity contribution is 0.682. The second kappa shape index (κ2) is 5.98. The van der Waals surface area contributed by atoms with Gasteiger partial charge in [-0.05, 0) is 49.6 Å². The number of anilines is 1. The summed E-state index contributed by atoms with van der Waals surface area (Å²) >= 11 is 6.12. The molecule has 4 heteroatoms. The second-order valence-corrected chi connectivity index (χ2v) is 6.82. The van der Waals surface area contributed by atoms with E-state index in [4.69, 9.17) is 17.3 Å². The van der Waals surface area contributed by atoms with E-state index in [1.54, 1.807) is 18.2 Å². The Bertz CT molecular complexity index is 639. The lowest BCUT2D eigenvalue weighted by atomic mass is 10.0. The minimum atomic E-state index is -1.24. The smallest absolute Gasteiger partial charge is 0.0806 e. The van der Waals surface area contributed by atoms with Crippen molar-refractivity contribution in [1.29, 1.82) is 0 Å². The van der Waals surface area contributed by atoms with E-state index < -0.39 is 10.8 Å². The maximum Gasteiger partial charge on any atom is 0.0806 e. The molecule has 0 fully saturated rings. The fourth-order valence-electron chi connectivity index (χ4n) is 2.41. The monoisotopic (exact) mass is 307 g/mol. The molecule has 0 spiro atoms. The van der Waals surface area contributed by atoms with Crippen molar-refractivity contribution in [1.82, 2.24) is 0 Å². The SMILES string of the molecule is Cc1cc(C)c(CS(=O)c2c(N)cccc2Cl)c(C)c1. The van der Waals surface area contributed by atoms with Crippen molar-refractivity contribution < 1.29 is 4.21 Å². The molecule has 2 rings (SSSR count). The molecule has 0 saturated heterocycles. The largest absolute Gasteiger partial charge is 0.398 e. The molecule has 0 aromatic heterocycles. The minimum absolute atomic E-state index is 0.436. The van der Waals surface area contributed by atoms with E-state index in [1.165, 1.54) is 5.56 Å². The van der Waals surface area contributed by atoms with Gasteiger partial charge in [-0.2, -0.15) is 0 Å². The third kappa shape index (κ3) is 3.05. The van der Waals surface area contributed by atoms with Crippen LogP contribution < -0.4 is 5.73 Å². The Hall–Kier alpha value is -1.32. The molecule has 0 aliphatic rings. The second-order valence-electron chi connectivity index (χ2n) is 5.03. The summed E-state index contributed by atoms with van der Waals surface area (Å²) < 4.78 is 12.6. The summed E-state index contributed by atoms with van der Waals surface area (Å²) in [5.41, 5.74) is 11.0. The molecule has 2 N–H and O–H groups in total. The van der Waals surface area contributed by atoms with E-state index >= 15 is 0 Å². The number of benzene rings is 2. The Kier molecular flexibility index (Phi) is 4.51. The molecule has 0 radical (unpaired) electrons. The molecular weight excluding hydrogens is 290 g/mol. The quantitative estimate of drug-likeness (QED) is 0.865. The molecule has 2 aromatic carbocycles. The number of rotatable bonds is 3. The molecule has 0 aliphatic carbocycles. The summed E-state index contributed by atoms with van der Waals surface area (Å²) in [6.07, 6.45) is 0. The highest BCUT2D eigenvalue weighted by Crippen LogP contribution is 2.29. The van der Waals surface area contributed by atoms with Gasteiger partial charge < -0.3 is 5.73 Å². The Labute approximate surface area is 127 Å². The van der Waals surface area contributed by atoms with Gasteiger partial charge in [-0.3, -0.25) is 4.21 Å². The van der Waals surface area contributed by atoms with Crippen LogP contribution in [0.15, 0.2) is 35.2 Å². The van der Waals surface area contributed by atoms with Gasteiger partial charge in [-0.15, -0.1) is 0 Å². The Morgan fingerprint density at radius 2 is 1.75 bits per heavy atom. The zero-order valence-electron chi connectivity index (χ0n) is 11.9. The number of hydrogen-bond donors (Lipinski definition) is 1. The van der Waals surface area contributed by atoms with Gasteiger partial charge >= 0.3 is 0 Å². The average Bonchev–Trinajstić information content (AvgIpc) is 2.33. The van der Waals surface area contributed by atoms with E-state index in [-0.39, 0.29) is 0 Å². The van der Waals surface area contributed by atoms with Gasteiger partial charge in [0.1, 0.15) is 0 Å². The lowest BCUT2D eigenvalue weighted by Gasteiger charge is -2.13. The normalized spacial score (nSPS) is 12.4. The molecule has 0 heterocycles.